The molecule has 1 aliphatic rings. The summed E-state index contributed by atoms with van der Waals surface area (Å²) in [7, 11) is 6.63. The number of hydrogen-bond donors (Lipinski definition) is 2. The number of halogens is 1. The molecule has 2 amide bonds. The molecule has 1 aromatic rings. The van der Waals surface area contributed by atoms with Crippen LogP contribution in [-0.4, -0.2) is 88.4 Å². The second-order valence-corrected chi connectivity index (χ2v) is 7.59. The highest BCUT2D eigenvalue weighted by molar-refractivity contribution is 14.0. The molecule has 0 spiro atoms. The molecule has 2 rings (SSSR count). The van der Waals surface area contributed by atoms with Crippen LogP contribution in [0.25, 0.3) is 0 Å². The number of benzene rings is 1. The topological polar surface area (TPSA) is 105 Å². The van der Waals surface area contributed by atoms with E-state index in [4.69, 9.17) is 14.2 Å². The number of hydrogen-bond acceptors (Lipinski definition) is 6. The molecular weight excluding hydrogens is 541 g/mol. The molecule has 0 aliphatic carbocycles. The van der Waals surface area contributed by atoms with Gasteiger partial charge in [0.1, 0.15) is 11.5 Å². The average Bonchev–Trinajstić information content (AvgIpc) is 2.80. The van der Waals surface area contributed by atoms with Crippen molar-refractivity contribution in [3.8, 4) is 11.5 Å². The first-order valence-corrected chi connectivity index (χ1v) is 10.8. The minimum absolute atomic E-state index is 0. The molecule has 1 heterocycles. The molecule has 10 nitrogen and oxygen atoms in total. The lowest BCUT2D eigenvalue weighted by molar-refractivity contribution is -0.127. The van der Waals surface area contributed by atoms with Crippen molar-refractivity contribution in [2.24, 2.45) is 4.99 Å². The van der Waals surface area contributed by atoms with Crippen LogP contribution in [0.5, 0.6) is 11.5 Å². The van der Waals surface area contributed by atoms with E-state index in [0.29, 0.717) is 43.7 Å². The monoisotopic (exact) mass is 577 g/mol. The van der Waals surface area contributed by atoms with Crippen molar-refractivity contribution in [1.82, 2.24) is 20.4 Å². The molecule has 1 saturated heterocycles. The second kappa shape index (κ2) is 14.7. The fourth-order valence-electron chi connectivity index (χ4n) is 3.23. The van der Waals surface area contributed by atoms with Crippen molar-refractivity contribution in [1.29, 1.82) is 0 Å². The van der Waals surface area contributed by atoms with E-state index >= 15 is 0 Å². The van der Waals surface area contributed by atoms with Gasteiger partial charge in [0.2, 0.25) is 5.91 Å². The number of guanidine groups is 1. The minimum Gasteiger partial charge on any atom is -0.497 e. The predicted molar refractivity (Wildman–Crippen MR) is 138 cm³/mol. The zero-order valence-corrected chi connectivity index (χ0v) is 22.4. The Labute approximate surface area is 213 Å². The van der Waals surface area contributed by atoms with Crippen LogP contribution in [0.4, 0.5) is 4.79 Å². The Bertz CT molecular complexity index is 797. The van der Waals surface area contributed by atoms with E-state index in [2.05, 4.69) is 15.6 Å². The predicted octanol–water partition coefficient (Wildman–Crippen LogP) is 2.07. The first-order valence-electron chi connectivity index (χ1n) is 10.8. The summed E-state index contributed by atoms with van der Waals surface area (Å²) in [5.74, 6) is 1.86. The van der Waals surface area contributed by atoms with Crippen LogP contribution in [-0.2, 0) is 16.1 Å². The van der Waals surface area contributed by atoms with Gasteiger partial charge in [0, 0.05) is 44.9 Å². The zero-order valence-electron chi connectivity index (χ0n) is 20.1. The van der Waals surface area contributed by atoms with Crippen LogP contribution in [0.2, 0.25) is 0 Å². The summed E-state index contributed by atoms with van der Waals surface area (Å²) in [4.78, 5) is 31.9. The number of ether oxygens (including phenoxy) is 3. The molecule has 0 saturated carbocycles. The standard InChI is InChI=1S/C22H35N5O5.HI/c1-6-32-22(29)27-11-9-17(10-12-27)25-21(24-15-20(28)26(2)3)23-14-16-7-8-18(30-4)13-19(16)31-5;/h7-8,13,17H,6,9-12,14-15H2,1-5H3,(H2,23,24,25);1H. The van der Waals surface area contributed by atoms with Crippen molar-refractivity contribution in [2.75, 3.05) is 54.6 Å². The maximum atomic E-state index is 12.1. The van der Waals surface area contributed by atoms with Gasteiger partial charge in [0.25, 0.3) is 0 Å². The molecule has 0 unspecified atom stereocenters. The molecule has 11 heteroatoms. The molecule has 0 bridgehead atoms. The van der Waals surface area contributed by atoms with E-state index in [1.165, 1.54) is 4.90 Å². The van der Waals surface area contributed by atoms with Gasteiger partial charge < -0.3 is 34.6 Å². The number of amides is 2. The first kappa shape index (κ1) is 28.6. The third-order valence-corrected chi connectivity index (χ3v) is 5.17. The maximum absolute atomic E-state index is 12.1. The summed E-state index contributed by atoms with van der Waals surface area (Å²) < 4.78 is 15.8. The number of nitrogens with zero attached hydrogens (tertiary/aromatic N) is 3. The van der Waals surface area contributed by atoms with E-state index in [1.807, 2.05) is 18.2 Å². The number of aliphatic imine (C=N–C) groups is 1. The van der Waals surface area contributed by atoms with E-state index < -0.39 is 0 Å². The summed E-state index contributed by atoms with van der Waals surface area (Å²) in [5.41, 5.74) is 0.894. The first-order chi connectivity index (χ1) is 15.4. The molecule has 1 fully saturated rings. The number of rotatable bonds is 8. The average molecular weight is 577 g/mol. The van der Waals surface area contributed by atoms with Gasteiger partial charge in [-0.15, -0.1) is 24.0 Å². The van der Waals surface area contributed by atoms with Crippen LogP contribution < -0.4 is 20.1 Å². The number of piperidine rings is 1. The Morgan fingerprint density at radius 2 is 1.88 bits per heavy atom. The summed E-state index contributed by atoms with van der Waals surface area (Å²) >= 11 is 0. The summed E-state index contributed by atoms with van der Waals surface area (Å²) in [6.07, 6.45) is 1.24. The molecule has 0 aromatic heterocycles. The highest BCUT2D eigenvalue weighted by Crippen LogP contribution is 2.25. The maximum Gasteiger partial charge on any atom is 0.409 e. The largest absolute Gasteiger partial charge is 0.497 e. The van der Waals surface area contributed by atoms with Crippen LogP contribution in [0.15, 0.2) is 23.2 Å². The summed E-state index contributed by atoms with van der Waals surface area (Å²) in [6.45, 7) is 3.86. The molecule has 0 atom stereocenters. The van der Waals surface area contributed by atoms with Gasteiger partial charge >= 0.3 is 6.09 Å². The van der Waals surface area contributed by atoms with Crippen molar-refractivity contribution < 1.29 is 23.8 Å². The highest BCUT2D eigenvalue weighted by atomic mass is 127. The van der Waals surface area contributed by atoms with Gasteiger partial charge in [-0.1, -0.05) is 0 Å². The van der Waals surface area contributed by atoms with Gasteiger partial charge in [-0.05, 0) is 31.9 Å². The number of carbonyl (C=O) groups excluding carboxylic acids is 2. The molecule has 1 aliphatic heterocycles. The highest BCUT2D eigenvalue weighted by Gasteiger charge is 2.24. The summed E-state index contributed by atoms with van der Waals surface area (Å²) in [6, 6.07) is 5.70. The van der Waals surface area contributed by atoms with E-state index in [9.17, 15) is 9.59 Å². The van der Waals surface area contributed by atoms with Gasteiger partial charge in [-0.3, -0.25) is 4.79 Å². The normalized spacial score (nSPS) is 14.1. The number of carbonyl (C=O) groups is 2. The Morgan fingerprint density at radius 3 is 2.45 bits per heavy atom. The number of likely N-dealkylation sites (N-methyl/N-ethyl adjacent to an activating group) is 1. The number of nitrogens with one attached hydrogen (secondary N) is 2. The lowest BCUT2D eigenvalue weighted by Gasteiger charge is -2.32. The fraction of sp³-hybridized carbons (Fsp3) is 0.591. The minimum atomic E-state index is -0.277. The Balaban J connectivity index is 0.00000544. The van der Waals surface area contributed by atoms with Crippen molar-refractivity contribution in [3.63, 3.8) is 0 Å². The van der Waals surface area contributed by atoms with E-state index in [0.717, 1.165) is 18.4 Å². The molecule has 0 radical (unpaired) electrons. The Hall–Kier alpha value is -2.44. The Morgan fingerprint density at radius 1 is 1.18 bits per heavy atom. The number of methoxy groups -OCH3 is 2. The second-order valence-electron chi connectivity index (χ2n) is 7.59. The smallest absolute Gasteiger partial charge is 0.409 e. The lowest BCUT2D eigenvalue weighted by Crippen LogP contribution is -2.51. The van der Waals surface area contributed by atoms with Crippen LogP contribution >= 0.6 is 24.0 Å². The third-order valence-electron chi connectivity index (χ3n) is 5.17. The van der Waals surface area contributed by atoms with Crippen LogP contribution in [0.3, 0.4) is 0 Å². The Kier molecular flexibility index (Phi) is 12.7. The molecule has 1 aromatic carbocycles. The van der Waals surface area contributed by atoms with Gasteiger partial charge in [-0.2, -0.15) is 0 Å². The van der Waals surface area contributed by atoms with Crippen LogP contribution in [0, 0.1) is 0 Å². The van der Waals surface area contributed by atoms with Gasteiger partial charge in [-0.25, -0.2) is 9.79 Å². The SMILES string of the molecule is CCOC(=O)N1CCC(NC(=NCc2ccc(OC)cc2OC)NCC(=O)N(C)C)CC1.I. The molecule has 2 N–H and O–H groups in total. The zero-order chi connectivity index (χ0) is 23.5. The van der Waals surface area contributed by atoms with E-state index in [1.54, 1.807) is 40.1 Å². The van der Waals surface area contributed by atoms with Gasteiger partial charge in [0.05, 0.1) is 33.9 Å². The fourth-order valence-corrected chi connectivity index (χ4v) is 3.23. The van der Waals surface area contributed by atoms with Gasteiger partial charge in [0.15, 0.2) is 5.96 Å². The molecule has 186 valence electrons. The molecular formula is C22H36IN5O5. The van der Waals surface area contributed by atoms with Crippen molar-refractivity contribution >= 4 is 41.9 Å². The van der Waals surface area contributed by atoms with E-state index in [-0.39, 0.29) is 48.6 Å². The number of likely N-dealkylation sites (tertiary alicyclic amines) is 1. The quantitative estimate of drug-likeness (QED) is 0.277. The third kappa shape index (κ3) is 9.14. The van der Waals surface area contributed by atoms with Crippen molar-refractivity contribution in [3.05, 3.63) is 23.8 Å². The summed E-state index contributed by atoms with van der Waals surface area (Å²) in [5, 5.41) is 6.51. The van der Waals surface area contributed by atoms with Crippen molar-refractivity contribution in [2.45, 2.75) is 32.4 Å². The molecule has 33 heavy (non-hydrogen) atoms. The van der Waals surface area contributed by atoms with Crippen LogP contribution in [0.1, 0.15) is 25.3 Å². The lowest BCUT2D eigenvalue weighted by atomic mass is 10.1.